The van der Waals surface area contributed by atoms with E-state index in [0.29, 0.717) is 35.6 Å². The number of hydrogen-bond donors (Lipinski definition) is 3. The molecule has 2 rings (SSSR count). The summed E-state index contributed by atoms with van der Waals surface area (Å²) in [6, 6.07) is 2.11. The molecule has 142 valence electrons. The second-order valence-corrected chi connectivity index (χ2v) is 7.26. The average molecular weight is 399 g/mol. The number of cyclic esters (lactones) is 1. The van der Waals surface area contributed by atoms with Crippen LogP contribution in [0.5, 0.6) is 11.5 Å². The predicted molar refractivity (Wildman–Crippen MR) is 102 cm³/mol. The Morgan fingerprint density at radius 3 is 2.88 bits per heavy atom. The Bertz CT molecular complexity index is 694. The first kappa shape index (κ1) is 20.3. The molecule has 0 bridgehead atoms. The molecule has 0 saturated heterocycles. The number of hydrogen-bond acceptors (Lipinski definition) is 7. The maximum Gasteiger partial charge on any atom is 0.338 e. The van der Waals surface area contributed by atoms with Gasteiger partial charge in [-0.1, -0.05) is 12.2 Å². The number of nitrogens with one attached hydrogen (secondary N) is 1. The highest BCUT2D eigenvalue weighted by Crippen LogP contribution is 2.32. The van der Waals surface area contributed by atoms with Gasteiger partial charge in [-0.15, -0.1) is 0 Å². The fraction of sp³-hybridized carbons (Fsp3) is 0.471. The number of carbonyl (C=O) groups excluding carboxylic acids is 1. The zero-order valence-corrected chi connectivity index (χ0v) is 16.0. The van der Waals surface area contributed by atoms with E-state index in [1.165, 1.54) is 31.0 Å². The van der Waals surface area contributed by atoms with Crippen molar-refractivity contribution >= 4 is 40.9 Å². The van der Waals surface area contributed by atoms with Gasteiger partial charge in [0.2, 0.25) is 0 Å². The summed E-state index contributed by atoms with van der Waals surface area (Å²) in [6.45, 7) is 0.217. The summed E-state index contributed by atoms with van der Waals surface area (Å²) in [7, 11) is 1.44. The van der Waals surface area contributed by atoms with Gasteiger partial charge in [-0.05, 0) is 25.3 Å². The van der Waals surface area contributed by atoms with Gasteiger partial charge in [-0.3, -0.25) is 0 Å². The van der Waals surface area contributed by atoms with Gasteiger partial charge >= 0.3 is 11.9 Å². The Morgan fingerprint density at radius 2 is 2.19 bits per heavy atom. The summed E-state index contributed by atoms with van der Waals surface area (Å²) >= 11 is 6.46. The van der Waals surface area contributed by atoms with Gasteiger partial charge in [0.1, 0.15) is 17.5 Å². The van der Waals surface area contributed by atoms with Crippen LogP contribution in [0.1, 0.15) is 35.2 Å². The quantitative estimate of drug-likeness (QED) is 0.510. The molecule has 0 aliphatic carbocycles. The van der Waals surface area contributed by atoms with Crippen molar-refractivity contribution in [2.24, 2.45) is 0 Å². The lowest BCUT2D eigenvalue weighted by Crippen LogP contribution is -2.41. The van der Waals surface area contributed by atoms with Crippen LogP contribution in [0, 0.1) is 0 Å². The van der Waals surface area contributed by atoms with Crippen molar-refractivity contribution < 1.29 is 29.3 Å². The number of methoxy groups -OCH3 is 1. The summed E-state index contributed by atoms with van der Waals surface area (Å²) in [6.07, 6.45) is 1.81. The molecule has 1 aliphatic rings. The summed E-state index contributed by atoms with van der Waals surface area (Å²) in [5.74, 6) is -0.799. The van der Waals surface area contributed by atoms with Crippen molar-refractivity contribution in [2.75, 3.05) is 19.5 Å². The Hall–Kier alpha value is -2.00. The molecule has 0 saturated carbocycles. The molecule has 26 heavy (non-hydrogen) atoms. The molecule has 0 fully saturated rings. The number of ether oxygens (including phenoxy) is 2. The molecule has 0 radical (unpaired) electrons. The summed E-state index contributed by atoms with van der Waals surface area (Å²) in [4.78, 5) is 24.3. The number of phenolic OH excluding ortho intramolecular Hbond substituents is 1. The first-order chi connectivity index (χ1) is 12.4. The van der Waals surface area contributed by atoms with Gasteiger partial charge in [0.25, 0.3) is 0 Å². The van der Waals surface area contributed by atoms with Crippen LogP contribution >= 0.6 is 24.0 Å². The zero-order chi connectivity index (χ0) is 19.1. The zero-order valence-electron chi connectivity index (χ0n) is 14.3. The number of aromatic hydroxyl groups is 1. The van der Waals surface area contributed by atoms with Crippen LogP contribution in [0.25, 0.3) is 0 Å². The molecule has 1 aliphatic heterocycles. The van der Waals surface area contributed by atoms with Crippen LogP contribution in [0.15, 0.2) is 12.1 Å². The predicted octanol–water partition coefficient (Wildman–Crippen LogP) is 2.34. The third kappa shape index (κ3) is 5.50. The van der Waals surface area contributed by atoms with Gasteiger partial charge in [0.05, 0.1) is 24.3 Å². The number of carboxylic acid groups (broad SMARTS) is 1. The van der Waals surface area contributed by atoms with Crippen LogP contribution in [-0.2, 0) is 15.3 Å². The lowest BCUT2D eigenvalue weighted by Gasteiger charge is -2.18. The van der Waals surface area contributed by atoms with Crippen molar-refractivity contribution in [2.45, 2.75) is 31.1 Å². The molecule has 0 aromatic heterocycles. The van der Waals surface area contributed by atoms with Gasteiger partial charge < -0.3 is 25.0 Å². The third-order valence-corrected chi connectivity index (χ3v) is 5.23. The Morgan fingerprint density at radius 1 is 1.42 bits per heavy atom. The minimum absolute atomic E-state index is 0.0914. The van der Waals surface area contributed by atoms with Crippen molar-refractivity contribution in [3.63, 3.8) is 0 Å². The molecule has 9 heteroatoms. The smallest absolute Gasteiger partial charge is 0.338 e. The number of aliphatic carboxylic acids is 1. The fourth-order valence-electron chi connectivity index (χ4n) is 2.43. The number of thiocarbonyl (C=S) groups is 1. The first-order valence-corrected chi connectivity index (χ1v) is 9.65. The molecule has 1 heterocycles. The molecular formula is C17H21NO6S2. The number of esters is 1. The molecule has 0 spiro atoms. The number of carbonyl (C=O) groups is 2. The van der Waals surface area contributed by atoms with Gasteiger partial charge in [-0.25, -0.2) is 9.59 Å². The standard InChI is InChI=1S/C17H21NO6S2/c1-23-10-6-11-12(14(19)7-10)8-26-9-13(16(20)21)18-15(25)4-2-3-5-24-17(11)22/h6-7,13,19H,2-5,8-9H2,1H3,(H,18,25)(H,20,21)/t13-/m0/s1. The van der Waals surface area contributed by atoms with Gasteiger partial charge in [-0.2, -0.15) is 11.8 Å². The minimum atomic E-state index is -0.995. The van der Waals surface area contributed by atoms with Gasteiger partial charge in [0.15, 0.2) is 0 Å². The number of thioether (sulfide) groups is 1. The number of fused-ring (bicyclic) bond motifs is 1. The SMILES string of the molecule is COc1cc(O)c2c(c1)C(=O)OCCCCC(=S)N[C@H](C(=O)O)CSC2. The van der Waals surface area contributed by atoms with E-state index < -0.39 is 18.0 Å². The van der Waals surface area contributed by atoms with Crippen LogP contribution in [0.4, 0.5) is 0 Å². The number of carboxylic acids is 1. The average Bonchev–Trinajstić information content (AvgIpc) is 2.60. The number of phenols is 1. The maximum atomic E-state index is 12.4. The van der Waals surface area contributed by atoms with E-state index in [4.69, 9.17) is 21.7 Å². The maximum absolute atomic E-state index is 12.4. The first-order valence-electron chi connectivity index (χ1n) is 8.09. The van der Waals surface area contributed by atoms with E-state index in [-0.39, 0.29) is 29.4 Å². The topological polar surface area (TPSA) is 105 Å². The Kier molecular flexibility index (Phi) is 7.52. The van der Waals surface area contributed by atoms with Crippen LogP contribution < -0.4 is 10.1 Å². The Labute approximate surface area is 161 Å². The normalized spacial score (nSPS) is 19.5. The van der Waals surface area contributed by atoms with E-state index >= 15 is 0 Å². The molecule has 0 amide bonds. The molecule has 1 aromatic rings. The molecule has 3 N–H and O–H groups in total. The van der Waals surface area contributed by atoms with Crippen LogP contribution in [-0.4, -0.2) is 52.7 Å². The van der Waals surface area contributed by atoms with Crippen LogP contribution in [0.2, 0.25) is 0 Å². The monoisotopic (exact) mass is 399 g/mol. The van der Waals surface area contributed by atoms with Gasteiger partial charge in [0, 0.05) is 23.1 Å². The minimum Gasteiger partial charge on any atom is -0.507 e. The van der Waals surface area contributed by atoms with E-state index in [9.17, 15) is 19.8 Å². The highest BCUT2D eigenvalue weighted by Gasteiger charge is 2.22. The lowest BCUT2D eigenvalue weighted by atomic mass is 10.1. The van der Waals surface area contributed by atoms with Crippen molar-refractivity contribution in [3.8, 4) is 11.5 Å². The highest BCUT2D eigenvalue weighted by atomic mass is 32.2. The second kappa shape index (κ2) is 9.63. The van der Waals surface area contributed by atoms with Crippen molar-refractivity contribution in [3.05, 3.63) is 23.3 Å². The second-order valence-electron chi connectivity index (χ2n) is 5.74. The van der Waals surface area contributed by atoms with Crippen molar-refractivity contribution in [1.82, 2.24) is 5.32 Å². The van der Waals surface area contributed by atoms with E-state index in [0.717, 1.165) is 0 Å². The summed E-state index contributed by atoms with van der Waals surface area (Å²) < 4.78 is 10.4. The number of benzene rings is 1. The van der Waals surface area contributed by atoms with Crippen LogP contribution in [0.3, 0.4) is 0 Å². The molecule has 7 nitrogen and oxygen atoms in total. The van der Waals surface area contributed by atoms with E-state index in [1.54, 1.807) is 0 Å². The third-order valence-electron chi connectivity index (χ3n) is 3.85. The van der Waals surface area contributed by atoms with E-state index in [2.05, 4.69) is 5.32 Å². The van der Waals surface area contributed by atoms with Crippen molar-refractivity contribution in [1.29, 1.82) is 0 Å². The Balaban J connectivity index is 2.28. The number of rotatable bonds is 2. The lowest BCUT2D eigenvalue weighted by molar-refractivity contribution is -0.138. The molecule has 1 atom stereocenters. The van der Waals surface area contributed by atoms with E-state index in [1.807, 2.05) is 0 Å². The highest BCUT2D eigenvalue weighted by molar-refractivity contribution is 7.98. The summed E-state index contributed by atoms with van der Waals surface area (Å²) in [5, 5.41) is 22.5. The largest absolute Gasteiger partial charge is 0.507 e. The summed E-state index contributed by atoms with van der Waals surface area (Å²) in [5.41, 5.74) is 0.617. The molecule has 1 aromatic carbocycles. The molecule has 0 unspecified atom stereocenters. The molecular weight excluding hydrogens is 378 g/mol. The fourth-order valence-corrected chi connectivity index (χ4v) is 3.81.